The van der Waals surface area contributed by atoms with Crippen molar-refractivity contribution in [2.75, 3.05) is 13.7 Å². The molecule has 19 heavy (non-hydrogen) atoms. The SMILES string of the molecule is CN[C@@]1(n2ccc(=O)[nH]c2=O)O[C@H](CO)[C@@H](O)[C@H]1O. The van der Waals surface area contributed by atoms with E-state index in [2.05, 4.69) is 5.32 Å². The monoisotopic (exact) mass is 273 g/mol. The maximum Gasteiger partial charge on any atom is 0.331 e. The van der Waals surface area contributed by atoms with Crippen molar-refractivity contribution in [2.45, 2.75) is 24.2 Å². The Morgan fingerprint density at radius 2 is 2.21 bits per heavy atom. The van der Waals surface area contributed by atoms with Crippen molar-refractivity contribution in [3.05, 3.63) is 33.1 Å². The molecule has 5 N–H and O–H groups in total. The van der Waals surface area contributed by atoms with Crippen molar-refractivity contribution < 1.29 is 20.1 Å². The summed E-state index contributed by atoms with van der Waals surface area (Å²) in [5, 5.41) is 31.5. The minimum Gasteiger partial charge on any atom is -0.394 e. The van der Waals surface area contributed by atoms with Crippen molar-refractivity contribution in [1.82, 2.24) is 14.9 Å². The lowest BCUT2D eigenvalue weighted by Gasteiger charge is -2.32. The van der Waals surface area contributed by atoms with Gasteiger partial charge in [0.25, 0.3) is 5.56 Å². The fourth-order valence-corrected chi connectivity index (χ4v) is 2.16. The summed E-state index contributed by atoms with van der Waals surface area (Å²) in [7, 11) is 1.41. The molecule has 1 aromatic heterocycles. The van der Waals surface area contributed by atoms with Crippen molar-refractivity contribution in [1.29, 1.82) is 0 Å². The normalized spacial score (nSPS) is 34.6. The Morgan fingerprint density at radius 1 is 1.53 bits per heavy atom. The summed E-state index contributed by atoms with van der Waals surface area (Å²) < 4.78 is 6.27. The summed E-state index contributed by atoms with van der Waals surface area (Å²) in [6.45, 7) is -0.528. The highest BCUT2D eigenvalue weighted by atomic mass is 16.6. The lowest BCUT2D eigenvalue weighted by atomic mass is 10.1. The first kappa shape index (κ1) is 13.9. The Bertz CT molecular complexity index is 569. The molecule has 0 radical (unpaired) electrons. The van der Waals surface area contributed by atoms with E-state index in [9.17, 15) is 19.8 Å². The lowest BCUT2D eigenvalue weighted by molar-refractivity contribution is -0.168. The van der Waals surface area contributed by atoms with Gasteiger partial charge in [-0.05, 0) is 7.05 Å². The molecule has 0 unspecified atom stereocenters. The first-order valence-electron chi connectivity index (χ1n) is 5.62. The number of hydrogen-bond acceptors (Lipinski definition) is 7. The second kappa shape index (κ2) is 4.87. The third kappa shape index (κ3) is 2.01. The van der Waals surface area contributed by atoms with Gasteiger partial charge in [0.1, 0.15) is 18.3 Å². The third-order valence-corrected chi connectivity index (χ3v) is 3.16. The predicted octanol–water partition coefficient (Wildman–Crippen LogP) is -3.52. The van der Waals surface area contributed by atoms with Gasteiger partial charge in [-0.3, -0.25) is 19.7 Å². The van der Waals surface area contributed by atoms with Gasteiger partial charge in [-0.1, -0.05) is 0 Å². The summed E-state index contributed by atoms with van der Waals surface area (Å²) in [6, 6.07) is 1.08. The molecular weight excluding hydrogens is 258 g/mol. The summed E-state index contributed by atoms with van der Waals surface area (Å²) >= 11 is 0. The fraction of sp³-hybridized carbons (Fsp3) is 0.600. The number of H-pyrrole nitrogens is 1. The maximum absolute atomic E-state index is 11.8. The minimum atomic E-state index is -1.76. The van der Waals surface area contributed by atoms with E-state index in [0.29, 0.717) is 0 Å². The smallest absolute Gasteiger partial charge is 0.331 e. The number of aromatic nitrogens is 2. The van der Waals surface area contributed by atoms with E-state index < -0.39 is 42.0 Å². The number of aromatic amines is 1. The Hall–Kier alpha value is -1.52. The second-order valence-corrected chi connectivity index (χ2v) is 4.20. The number of nitrogens with zero attached hydrogens (tertiary/aromatic N) is 1. The Labute approximate surface area is 107 Å². The average molecular weight is 273 g/mol. The number of aliphatic hydroxyl groups excluding tert-OH is 3. The van der Waals surface area contributed by atoms with Gasteiger partial charge in [0.2, 0.25) is 5.85 Å². The zero-order valence-electron chi connectivity index (χ0n) is 10.1. The molecule has 1 saturated heterocycles. The molecule has 0 saturated carbocycles. The van der Waals surface area contributed by atoms with Gasteiger partial charge < -0.3 is 20.1 Å². The van der Waals surface area contributed by atoms with Gasteiger partial charge in [0.15, 0.2) is 0 Å². The molecule has 1 aliphatic rings. The van der Waals surface area contributed by atoms with Gasteiger partial charge in [-0.25, -0.2) is 4.79 Å². The molecule has 0 spiro atoms. The first-order valence-corrected chi connectivity index (χ1v) is 5.62. The summed E-state index contributed by atoms with van der Waals surface area (Å²) in [4.78, 5) is 24.8. The number of aliphatic hydroxyl groups is 3. The summed E-state index contributed by atoms with van der Waals surface area (Å²) in [5.74, 6) is -1.76. The van der Waals surface area contributed by atoms with Gasteiger partial charge in [-0.15, -0.1) is 0 Å². The molecule has 0 amide bonds. The van der Waals surface area contributed by atoms with Crippen LogP contribution in [-0.4, -0.2) is 56.8 Å². The summed E-state index contributed by atoms with van der Waals surface area (Å²) in [6.07, 6.45) is -2.80. The molecular formula is C10H15N3O6. The largest absolute Gasteiger partial charge is 0.394 e. The number of ether oxygens (including phenoxy) is 1. The number of hydrogen-bond donors (Lipinski definition) is 5. The summed E-state index contributed by atoms with van der Waals surface area (Å²) in [5.41, 5.74) is -1.41. The molecule has 106 valence electrons. The van der Waals surface area contributed by atoms with Gasteiger partial charge in [-0.2, -0.15) is 0 Å². The molecule has 9 heteroatoms. The molecule has 9 nitrogen and oxygen atoms in total. The quantitative estimate of drug-likeness (QED) is 0.385. The highest BCUT2D eigenvalue weighted by Gasteiger charge is 2.55. The Kier molecular flexibility index (Phi) is 3.56. The Balaban J connectivity index is 2.55. The van der Waals surface area contributed by atoms with Crippen LogP contribution in [-0.2, 0) is 10.6 Å². The molecule has 4 atom stereocenters. The van der Waals surface area contributed by atoms with Crippen LogP contribution in [0.3, 0.4) is 0 Å². The van der Waals surface area contributed by atoms with E-state index in [1.165, 1.54) is 7.05 Å². The molecule has 1 aliphatic heterocycles. The molecule has 2 rings (SSSR count). The van der Waals surface area contributed by atoms with E-state index in [1.807, 2.05) is 4.98 Å². The predicted molar refractivity (Wildman–Crippen MR) is 62.3 cm³/mol. The Morgan fingerprint density at radius 3 is 2.68 bits per heavy atom. The molecule has 0 aliphatic carbocycles. The molecule has 1 aromatic rings. The van der Waals surface area contributed by atoms with Crippen LogP contribution in [0.4, 0.5) is 0 Å². The van der Waals surface area contributed by atoms with Gasteiger partial charge in [0, 0.05) is 12.3 Å². The van der Waals surface area contributed by atoms with Gasteiger partial charge >= 0.3 is 5.69 Å². The highest BCUT2D eigenvalue weighted by molar-refractivity contribution is 5.00. The topological polar surface area (TPSA) is 137 Å². The first-order chi connectivity index (χ1) is 8.96. The van der Waals surface area contributed by atoms with E-state index in [0.717, 1.165) is 16.8 Å². The van der Waals surface area contributed by atoms with Crippen LogP contribution in [0.15, 0.2) is 21.9 Å². The van der Waals surface area contributed by atoms with E-state index in [4.69, 9.17) is 9.84 Å². The number of rotatable bonds is 3. The van der Waals surface area contributed by atoms with Crippen molar-refractivity contribution in [3.63, 3.8) is 0 Å². The lowest BCUT2D eigenvalue weighted by Crippen LogP contribution is -2.59. The van der Waals surface area contributed by atoms with Crippen LogP contribution in [0.2, 0.25) is 0 Å². The standard InChI is InChI=1S/C10H15N3O6/c1-11-10(8(17)7(16)5(4-14)19-10)13-3-2-6(15)12-9(13)18/h2-3,5,7-8,11,14,16-17H,4H2,1H3,(H,12,15,18)/t5-,7-,8-,10+/m1/s1. The number of nitrogens with one attached hydrogen (secondary N) is 2. The second-order valence-electron chi connectivity index (χ2n) is 4.20. The van der Waals surface area contributed by atoms with Crippen LogP contribution < -0.4 is 16.6 Å². The molecule has 1 fully saturated rings. The van der Waals surface area contributed by atoms with Crippen molar-refractivity contribution >= 4 is 0 Å². The zero-order chi connectivity index (χ0) is 14.2. The van der Waals surface area contributed by atoms with Crippen LogP contribution in [0.25, 0.3) is 0 Å². The highest BCUT2D eigenvalue weighted by Crippen LogP contribution is 2.31. The number of likely N-dealkylation sites (N-methyl/N-ethyl adjacent to an activating group) is 1. The van der Waals surface area contributed by atoms with Crippen LogP contribution >= 0.6 is 0 Å². The van der Waals surface area contributed by atoms with E-state index in [-0.39, 0.29) is 0 Å². The average Bonchev–Trinajstić information content (AvgIpc) is 2.64. The van der Waals surface area contributed by atoms with Crippen LogP contribution in [0, 0.1) is 0 Å². The van der Waals surface area contributed by atoms with Gasteiger partial charge in [0.05, 0.1) is 6.61 Å². The van der Waals surface area contributed by atoms with Crippen LogP contribution in [0.1, 0.15) is 0 Å². The molecule has 0 aromatic carbocycles. The fourth-order valence-electron chi connectivity index (χ4n) is 2.16. The third-order valence-electron chi connectivity index (χ3n) is 3.16. The molecule has 0 bridgehead atoms. The minimum absolute atomic E-state index is 0.528. The maximum atomic E-state index is 11.8. The van der Waals surface area contributed by atoms with Crippen LogP contribution in [0.5, 0.6) is 0 Å². The van der Waals surface area contributed by atoms with Crippen molar-refractivity contribution in [2.24, 2.45) is 0 Å². The zero-order valence-corrected chi connectivity index (χ0v) is 10.1. The molecule has 2 heterocycles. The van der Waals surface area contributed by atoms with E-state index >= 15 is 0 Å². The van der Waals surface area contributed by atoms with E-state index in [1.54, 1.807) is 0 Å². The van der Waals surface area contributed by atoms with Crippen molar-refractivity contribution in [3.8, 4) is 0 Å².